The third kappa shape index (κ3) is 7.51. The van der Waals surface area contributed by atoms with Gasteiger partial charge in [0.15, 0.2) is 0 Å². The highest BCUT2D eigenvalue weighted by molar-refractivity contribution is 7.80. The molecule has 0 aliphatic heterocycles. The highest BCUT2D eigenvalue weighted by Crippen LogP contribution is 2.07. The number of thiol groups is 1. The van der Waals surface area contributed by atoms with Crippen LogP contribution in [0.1, 0.15) is 27.7 Å². The van der Waals surface area contributed by atoms with Crippen molar-refractivity contribution in [3.05, 3.63) is 0 Å². The lowest BCUT2D eigenvalue weighted by atomic mass is 10.1. The molecule has 0 heterocycles. The summed E-state index contributed by atoms with van der Waals surface area (Å²) in [5, 5.41) is 14.3. The number of amides is 2. The third-order valence-corrected chi connectivity index (χ3v) is 2.79. The molecule has 3 N–H and O–H groups in total. The van der Waals surface area contributed by atoms with Gasteiger partial charge in [0.25, 0.3) is 0 Å². The summed E-state index contributed by atoms with van der Waals surface area (Å²) in [6, 6.07) is -2.26. The van der Waals surface area contributed by atoms with Gasteiger partial charge in [-0.25, -0.2) is 9.59 Å². The Morgan fingerprint density at radius 2 is 1.77 bits per heavy atom. The van der Waals surface area contributed by atoms with Crippen LogP contribution in [0.3, 0.4) is 0 Å². The maximum absolute atomic E-state index is 12.1. The number of aliphatic hydroxyl groups excluding tert-OH is 1. The molecule has 3 atom stereocenters. The Morgan fingerprint density at radius 3 is 2.14 bits per heavy atom. The zero-order valence-corrected chi connectivity index (χ0v) is 14.3. The number of esters is 1. The van der Waals surface area contributed by atoms with Crippen molar-refractivity contribution in [1.82, 2.24) is 10.6 Å². The van der Waals surface area contributed by atoms with Crippen LogP contribution in [0.15, 0.2) is 0 Å². The molecule has 22 heavy (non-hydrogen) atoms. The summed E-state index contributed by atoms with van der Waals surface area (Å²) in [6.45, 7) is 6.32. The average molecular weight is 336 g/mol. The molecule has 0 bridgehead atoms. The first-order valence-corrected chi connectivity index (χ1v) is 7.31. The van der Waals surface area contributed by atoms with Gasteiger partial charge in [-0.05, 0) is 27.7 Å². The molecule has 0 aromatic rings. The second kappa shape index (κ2) is 8.84. The second-order valence-corrected chi connectivity index (χ2v) is 6.00. The van der Waals surface area contributed by atoms with E-state index in [4.69, 9.17) is 4.74 Å². The topological polar surface area (TPSA) is 114 Å². The van der Waals surface area contributed by atoms with E-state index in [1.807, 2.05) is 0 Å². The molecule has 0 aromatic carbocycles. The van der Waals surface area contributed by atoms with Crippen molar-refractivity contribution in [3.8, 4) is 0 Å². The van der Waals surface area contributed by atoms with Crippen molar-refractivity contribution < 1.29 is 29.0 Å². The number of hydrogen-bond donors (Lipinski definition) is 4. The monoisotopic (exact) mass is 336 g/mol. The van der Waals surface area contributed by atoms with Crippen LogP contribution >= 0.6 is 12.6 Å². The van der Waals surface area contributed by atoms with Crippen LogP contribution in [0.2, 0.25) is 0 Å². The minimum Gasteiger partial charge on any atom is -0.467 e. The molecule has 0 saturated heterocycles. The second-order valence-electron chi connectivity index (χ2n) is 5.63. The van der Waals surface area contributed by atoms with E-state index in [1.54, 1.807) is 20.8 Å². The standard InChI is InChI=1S/C13H24N2O6S/c1-7(16)9(15-12(19)21-13(2,3)4)10(17)14-8(6-22)11(18)20-5/h7-9,16,22H,6H2,1-5H3,(H,14,17)(H,15,19)/t7?,8-,9+/m0/s1. The summed E-state index contributed by atoms with van der Waals surface area (Å²) >= 11 is 3.94. The van der Waals surface area contributed by atoms with E-state index < -0.39 is 41.8 Å². The lowest BCUT2D eigenvalue weighted by Crippen LogP contribution is -2.56. The van der Waals surface area contributed by atoms with Crippen LogP contribution in [-0.4, -0.2) is 59.7 Å². The molecule has 1 unspecified atom stereocenters. The summed E-state index contributed by atoms with van der Waals surface area (Å²) in [5.41, 5.74) is -0.747. The molecule has 9 heteroatoms. The first kappa shape index (κ1) is 20.5. The molecule has 0 saturated carbocycles. The van der Waals surface area contributed by atoms with Crippen LogP contribution in [0.4, 0.5) is 4.79 Å². The van der Waals surface area contributed by atoms with Crippen LogP contribution in [0.5, 0.6) is 0 Å². The van der Waals surface area contributed by atoms with Gasteiger partial charge in [0.2, 0.25) is 5.91 Å². The first-order valence-electron chi connectivity index (χ1n) is 6.68. The Morgan fingerprint density at radius 1 is 1.23 bits per heavy atom. The van der Waals surface area contributed by atoms with Crippen LogP contribution in [0, 0.1) is 0 Å². The predicted octanol–water partition coefficient (Wildman–Crippen LogP) is -0.152. The Labute approximate surface area is 135 Å². The van der Waals surface area contributed by atoms with Crippen molar-refractivity contribution in [2.24, 2.45) is 0 Å². The molecule has 0 aliphatic carbocycles. The largest absolute Gasteiger partial charge is 0.467 e. The number of rotatable bonds is 6. The number of carbonyl (C=O) groups excluding carboxylic acids is 3. The minimum atomic E-state index is -1.28. The first-order chi connectivity index (χ1) is 10.0. The number of hydrogen-bond acceptors (Lipinski definition) is 7. The maximum Gasteiger partial charge on any atom is 0.408 e. The fraction of sp³-hybridized carbons (Fsp3) is 0.769. The molecule has 0 aromatic heterocycles. The van der Waals surface area contributed by atoms with E-state index in [9.17, 15) is 19.5 Å². The van der Waals surface area contributed by atoms with Gasteiger partial charge in [0.05, 0.1) is 13.2 Å². The Hall–Kier alpha value is -1.48. The Balaban J connectivity index is 4.84. The molecule has 0 fully saturated rings. The third-order valence-electron chi connectivity index (χ3n) is 2.42. The van der Waals surface area contributed by atoms with E-state index >= 15 is 0 Å². The molecule has 0 rings (SSSR count). The van der Waals surface area contributed by atoms with Crippen molar-refractivity contribution in [3.63, 3.8) is 0 Å². The van der Waals surface area contributed by atoms with Crippen molar-refractivity contribution >= 4 is 30.6 Å². The van der Waals surface area contributed by atoms with Crippen LogP contribution < -0.4 is 10.6 Å². The molecule has 2 amide bonds. The summed E-state index contributed by atoms with van der Waals surface area (Å²) in [7, 11) is 1.18. The fourth-order valence-electron chi connectivity index (χ4n) is 1.42. The van der Waals surface area contributed by atoms with E-state index in [0.29, 0.717) is 0 Å². The number of methoxy groups -OCH3 is 1. The molecule has 0 aliphatic rings. The van der Waals surface area contributed by atoms with Crippen molar-refractivity contribution in [2.45, 2.75) is 51.5 Å². The number of ether oxygens (including phenoxy) is 2. The minimum absolute atomic E-state index is 0.0113. The average Bonchev–Trinajstić information content (AvgIpc) is 2.38. The molecular weight excluding hydrogens is 312 g/mol. The SMILES string of the molecule is COC(=O)[C@H](CS)NC(=O)[C@H](NC(=O)OC(C)(C)C)C(C)O. The van der Waals surface area contributed by atoms with Crippen LogP contribution in [0.25, 0.3) is 0 Å². The number of nitrogens with one attached hydrogen (secondary N) is 2. The quantitative estimate of drug-likeness (QED) is 0.396. The van der Waals surface area contributed by atoms with E-state index in [-0.39, 0.29) is 5.75 Å². The molecule has 0 radical (unpaired) electrons. The highest BCUT2D eigenvalue weighted by Gasteiger charge is 2.31. The van der Waals surface area contributed by atoms with Gasteiger partial charge < -0.3 is 25.2 Å². The van der Waals surface area contributed by atoms with Gasteiger partial charge in [0, 0.05) is 5.75 Å². The normalized spacial score (nSPS) is 15.2. The van der Waals surface area contributed by atoms with Gasteiger partial charge >= 0.3 is 12.1 Å². The van der Waals surface area contributed by atoms with E-state index in [1.165, 1.54) is 14.0 Å². The van der Waals surface area contributed by atoms with Gasteiger partial charge in [-0.2, -0.15) is 12.6 Å². The smallest absolute Gasteiger partial charge is 0.408 e. The lowest BCUT2D eigenvalue weighted by Gasteiger charge is -2.25. The van der Waals surface area contributed by atoms with Crippen molar-refractivity contribution in [1.29, 1.82) is 0 Å². The number of aliphatic hydroxyl groups is 1. The van der Waals surface area contributed by atoms with Gasteiger partial charge in [-0.3, -0.25) is 4.79 Å². The zero-order chi connectivity index (χ0) is 17.5. The predicted molar refractivity (Wildman–Crippen MR) is 82.6 cm³/mol. The van der Waals surface area contributed by atoms with Gasteiger partial charge in [-0.15, -0.1) is 0 Å². The zero-order valence-electron chi connectivity index (χ0n) is 13.4. The van der Waals surface area contributed by atoms with Gasteiger partial charge in [0.1, 0.15) is 17.7 Å². The van der Waals surface area contributed by atoms with Crippen LogP contribution in [-0.2, 0) is 19.1 Å². The lowest BCUT2D eigenvalue weighted by molar-refractivity contribution is -0.144. The van der Waals surface area contributed by atoms with E-state index in [2.05, 4.69) is 28.0 Å². The summed E-state index contributed by atoms with van der Waals surface area (Å²) in [6.07, 6.45) is -2.04. The van der Waals surface area contributed by atoms with E-state index in [0.717, 1.165) is 0 Å². The number of carbonyl (C=O) groups is 3. The highest BCUT2D eigenvalue weighted by atomic mass is 32.1. The molecule has 128 valence electrons. The maximum atomic E-state index is 12.1. The molecule has 8 nitrogen and oxygen atoms in total. The van der Waals surface area contributed by atoms with Gasteiger partial charge in [-0.1, -0.05) is 0 Å². The molecule has 0 spiro atoms. The Bertz CT molecular complexity index is 408. The summed E-state index contributed by atoms with van der Waals surface area (Å²) < 4.78 is 9.53. The summed E-state index contributed by atoms with van der Waals surface area (Å²) in [5.74, 6) is -1.41. The van der Waals surface area contributed by atoms with Crippen molar-refractivity contribution in [2.75, 3.05) is 12.9 Å². The Kier molecular flexibility index (Phi) is 8.25. The fourth-order valence-corrected chi connectivity index (χ4v) is 1.66. The summed E-state index contributed by atoms with van der Waals surface area (Å²) in [4.78, 5) is 35.2. The number of alkyl carbamates (subject to hydrolysis) is 1. The molecular formula is C13H24N2O6S.